The van der Waals surface area contributed by atoms with Gasteiger partial charge in [0.2, 0.25) is 0 Å². The maximum atomic E-state index is 12.1. The molecule has 0 aromatic heterocycles. The first-order chi connectivity index (χ1) is 11.2. The number of guanidine groups is 1. The van der Waals surface area contributed by atoms with Crippen LogP contribution < -0.4 is 16.4 Å². The molecular formula is C18H31IN4O2. The van der Waals surface area contributed by atoms with Crippen LogP contribution in [0.5, 0.6) is 0 Å². The number of nitrogens with two attached hydrogens (primary N) is 1. The summed E-state index contributed by atoms with van der Waals surface area (Å²) in [6, 6.07) is 9.41. The van der Waals surface area contributed by atoms with Gasteiger partial charge < -0.3 is 21.1 Å². The molecule has 0 radical (unpaired) electrons. The van der Waals surface area contributed by atoms with E-state index in [0.717, 1.165) is 5.56 Å². The van der Waals surface area contributed by atoms with Gasteiger partial charge >= 0.3 is 6.09 Å². The number of halogens is 1. The highest BCUT2D eigenvalue weighted by Crippen LogP contribution is 2.14. The Morgan fingerprint density at radius 3 is 2.36 bits per heavy atom. The molecule has 25 heavy (non-hydrogen) atoms. The number of nitrogens with zero attached hydrogens (tertiary/aromatic N) is 1. The van der Waals surface area contributed by atoms with Crippen molar-refractivity contribution in [1.29, 1.82) is 0 Å². The predicted octanol–water partition coefficient (Wildman–Crippen LogP) is 3.43. The zero-order valence-electron chi connectivity index (χ0n) is 15.7. The second-order valence-electron chi connectivity index (χ2n) is 7.11. The molecule has 0 heterocycles. The quantitative estimate of drug-likeness (QED) is 0.344. The molecule has 1 aromatic carbocycles. The summed E-state index contributed by atoms with van der Waals surface area (Å²) in [6.45, 7) is 10.7. The highest BCUT2D eigenvalue weighted by Gasteiger charge is 2.20. The molecule has 1 atom stereocenters. The zero-order chi connectivity index (χ0) is 18.2. The molecular weight excluding hydrogens is 431 g/mol. The molecule has 1 rings (SSSR count). The lowest BCUT2D eigenvalue weighted by Gasteiger charge is -2.24. The summed E-state index contributed by atoms with van der Waals surface area (Å²) in [6.07, 6.45) is -0.462. The third-order valence-corrected chi connectivity index (χ3v) is 3.01. The molecule has 1 amide bonds. The summed E-state index contributed by atoms with van der Waals surface area (Å²) >= 11 is 0. The summed E-state index contributed by atoms with van der Waals surface area (Å²) in [4.78, 5) is 16.3. The number of nitrogens with one attached hydrogen (secondary N) is 2. The molecule has 1 unspecified atom stereocenters. The van der Waals surface area contributed by atoms with E-state index in [-0.39, 0.29) is 30.0 Å². The van der Waals surface area contributed by atoms with E-state index in [4.69, 9.17) is 10.5 Å². The average molecular weight is 462 g/mol. The molecule has 0 aliphatic carbocycles. The summed E-state index contributed by atoms with van der Waals surface area (Å²) in [5.41, 5.74) is 6.30. The fraction of sp³-hybridized carbons (Fsp3) is 0.556. The molecule has 0 saturated carbocycles. The molecule has 6 nitrogen and oxygen atoms in total. The van der Waals surface area contributed by atoms with Crippen LogP contribution in [-0.2, 0) is 4.74 Å². The van der Waals surface area contributed by atoms with Crippen LogP contribution in [0.3, 0.4) is 0 Å². The van der Waals surface area contributed by atoms with Crippen LogP contribution in [0, 0.1) is 5.92 Å². The molecule has 0 aliphatic heterocycles. The molecule has 0 saturated heterocycles. The first-order valence-electron chi connectivity index (χ1n) is 8.25. The lowest BCUT2D eigenvalue weighted by atomic mass is 10.1. The Balaban J connectivity index is 0.00000576. The third kappa shape index (κ3) is 10.9. The average Bonchev–Trinajstić information content (AvgIpc) is 2.48. The number of amides is 1. The SMILES string of the molecule is CC(C)CN=C(N)NCC(NC(=O)OC(C)(C)C)c1ccccc1.I. The van der Waals surface area contributed by atoms with Gasteiger partial charge in [0.1, 0.15) is 5.60 Å². The second-order valence-corrected chi connectivity index (χ2v) is 7.11. The Kier molecular flexibility index (Phi) is 10.5. The first-order valence-corrected chi connectivity index (χ1v) is 8.25. The van der Waals surface area contributed by atoms with E-state index in [0.29, 0.717) is 25.0 Å². The predicted molar refractivity (Wildman–Crippen MR) is 113 cm³/mol. The Labute approximate surface area is 168 Å². The molecule has 0 fully saturated rings. The molecule has 0 bridgehead atoms. The van der Waals surface area contributed by atoms with Gasteiger partial charge in [0.15, 0.2) is 5.96 Å². The lowest BCUT2D eigenvalue weighted by molar-refractivity contribution is 0.0504. The van der Waals surface area contributed by atoms with E-state index in [9.17, 15) is 4.79 Å². The Morgan fingerprint density at radius 1 is 1.24 bits per heavy atom. The normalized spacial score (nSPS) is 13.0. The van der Waals surface area contributed by atoms with Crippen molar-refractivity contribution in [3.63, 3.8) is 0 Å². The van der Waals surface area contributed by atoms with E-state index >= 15 is 0 Å². The van der Waals surface area contributed by atoms with E-state index in [1.807, 2.05) is 51.1 Å². The summed E-state index contributed by atoms with van der Waals surface area (Å²) < 4.78 is 5.34. The first kappa shape index (κ1) is 23.5. The van der Waals surface area contributed by atoms with Gasteiger partial charge in [0, 0.05) is 13.1 Å². The van der Waals surface area contributed by atoms with Gasteiger partial charge in [-0.25, -0.2) is 4.79 Å². The highest BCUT2D eigenvalue weighted by molar-refractivity contribution is 14.0. The Bertz CT molecular complexity index is 542. The van der Waals surface area contributed by atoms with Gasteiger partial charge in [-0.05, 0) is 32.3 Å². The van der Waals surface area contributed by atoms with E-state index in [2.05, 4.69) is 29.5 Å². The number of carbonyl (C=O) groups is 1. The Hall–Kier alpha value is -1.51. The molecule has 7 heteroatoms. The van der Waals surface area contributed by atoms with E-state index < -0.39 is 11.7 Å². The number of hydrogen-bond donors (Lipinski definition) is 3. The zero-order valence-corrected chi connectivity index (χ0v) is 18.0. The molecule has 4 N–H and O–H groups in total. The number of aliphatic imine (C=N–C) groups is 1. The standard InChI is InChI=1S/C18H30N4O2.HI/c1-13(2)11-20-16(19)21-12-15(14-9-7-6-8-10-14)22-17(23)24-18(3,4)5;/h6-10,13,15H,11-12H2,1-5H3,(H,22,23)(H3,19,20,21);1H. The maximum Gasteiger partial charge on any atom is 0.408 e. The number of rotatable bonds is 6. The fourth-order valence-electron chi connectivity index (χ4n) is 1.93. The van der Waals surface area contributed by atoms with Crippen LogP contribution in [0.15, 0.2) is 35.3 Å². The van der Waals surface area contributed by atoms with Crippen molar-refractivity contribution in [2.45, 2.75) is 46.3 Å². The minimum absolute atomic E-state index is 0. The smallest absolute Gasteiger partial charge is 0.408 e. The van der Waals surface area contributed by atoms with Crippen molar-refractivity contribution < 1.29 is 9.53 Å². The van der Waals surface area contributed by atoms with Crippen LogP contribution in [0.4, 0.5) is 4.79 Å². The van der Waals surface area contributed by atoms with Crippen LogP contribution >= 0.6 is 24.0 Å². The van der Waals surface area contributed by atoms with Crippen molar-refractivity contribution in [2.24, 2.45) is 16.6 Å². The van der Waals surface area contributed by atoms with Crippen LogP contribution in [-0.4, -0.2) is 30.7 Å². The number of benzene rings is 1. The minimum Gasteiger partial charge on any atom is -0.444 e. The summed E-state index contributed by atoms with van der Waals surface area (Å²) in [7, 11) is 0. The van der Waals surface area contributed by atoms with Gasteiger partial charge in [-0.15, -0.1) is 24.0 Å². The molecule has 142 valence electrons. The topological polar surface area (TPSA) is 88.7 Å². The summed E-state index contributed by atoms with van der Waals surface area (Å²) in [5.74, 6) is 0.811. The number of ether oxygens (including phenoxy) is 1. The van der Waals surface area contributed by atoms with Crippen LogP contribution in [0.2, 0.25) is 0 Å². The van der Waals surface area contributed by atoms with Crippen molar-refractivity contribution in [3.05, 3.63) is 35.9 Å². The van der Waals surface area contributed by atoms with Crippen molar-refractivity contribution in [2.75, 3.05) is 13.1 Å². The summed E-state index contributed by atoms with van der Waals surface area (Å²) in [5, 5.41) is 5.94. The monoisotopic (exact) mass is 462 g/mol. The van der Waals surface area contributed by atoms with Gasteiger partial charge in [-0.2, -0.15) is 0 Å². The lowest BCUT2D eigenvalue weighted by Crippen LogP contribution is -2.42. The highest BCUT2D eigenvalue weighted by atomic mass is 127. The number of alkyl carbamates (subject to hydrolysis) is 1. The second kappa shape index (κ2) is 11.2. The number of hydrogen-bond acceptors (Lipinski definition) is 3. The number of carbonyl (C=O) groups excluding carboxylic acids is 1. The van der Waals surface area contributed by atoms with Crippen molar-refractivity contribution in [3.8, 4) is 0 Å². The molecule has 0 aliphatic rings. The minimum atomic E-state index is -0.545. The van der Waals surface area contributed by atoms with Crippen LogP contribution in [0.25, 0.3) is 0 Å². The van der Waals surface area contributed by atoms with E-state index in [1.165, 1.54) is 0 Å². The fourth-order valence-corrected chi connectivity index (χ4v) is 1.93. The maximum absolute atomic E-state index is 12.1. The largest absolute Gasteiger partial charge is 0.444 e. The van der Waals surface area contributed by atoms with Crippen LogP contribution in [0.1, 0.15) is 46.2 Å². The van der Waals surface area contributed by atoms with E-state index in [1.54, 1.807) is 0 Å². The molecule has 1 aromatic rings. The third-order valence-electron chi connectivity index (χ3n) is 3.01. The molecule has 0 spiro atoms. The van der Waals surface area contributed by atoms with Gasteiger partial charge in [-0.3, -0.25) is 4.99 Å². The van der Waals surface area contributed by atoms with Gasteiger partial charge in [-0.1, -0.05) is 44.2 Å². The van der Waals surface area contributed by atoms with Crippen molar-refractivity contribution >= 4 is 36.0 Å². The van der Waals surface area contributed by atoms with Gasteiger partial charge in [0.25, 0.3) is 0 Å². The van der Waals surface area contributed by atoms with Gasteiger partial charge in [0.05, 0.1) is 6.04 Å². The van der Waals surface area contributed by atoms with Crippen molar-refractivity contribution in [1.82, 2.24) is 10.6 Å². The Morgan fingerprint density at radius 2 is 1.84 bits per heavy atom.